The van der Waals surface area contributed by atoms with Crippen LogP contribution in [-0.2, 0) is 0 Å². The molecule has 98 valence electrons. The summed E-state index contributed by atoms with van der Waals surface area (Å²) in [5, 5.41) is 13.2. The van der Waals surface area contributed by atoms with Gasteiger partial charge in [0.2, 0.25) is 0 Å². The predicted molar refractivity (Wildman–Crippen MR) is 74.9 cm³/mol. The molecule has 0 spiro atoms. The van der Waals surface area contributed by atoms with Crippen LogP contribution in [0.4, 0.5) is 0 Å². The van der Waals surface area contributed by atoms with Gasteiger partial charge in [-0.1, -0.05) is 40.4 Å². The molecule has 0 bridgehead atoms. The quantitative estimate of drug-likeness (QED) is 0.874. The average Bonchev–Trinajstić information content (AvgIpc) is 2.31. The van der Waals surface area contributed by atoms with Crippen molar-refractivity contribution in [2.24, 2.45) is 0 Å². The van der Waals surface area contributed by atoms with Gasteiger partial charge >= 0.3 is 0 Å². The molecular weight excluding hydrogens is 318 g/mol. The molecule has 1 aromatic carbocycles. The molecule has 2 rings (SSSR count). The number of nitrogens with one attached hydrogen (secondary N) is 1. The monoisotopic (exact) mass is 331 g/mol. The van der Waals surface area contributed by atoms with Crippen LogP contribution >= 0.6 is 27.5 Å². The van der Waals surface area contributed by atoms with Crippen molar-refractivity contribution in [3.63, 3.8) is 0 Å². The van der Waals surface area contributed by atoms with Crippen LogP contribution in [0.15, 0.2) is 22.7 Å². The summed E-state index contributed by atoms with van der Waals surface area (Å²) in [4.78, 5) is 12.1. The van der Waals surface area contributed by atoms with Gasteiger partial charge in [-0.25, -0.2) is 0 Å². The van der Waals surface area contributed by atoms with Gasteiger partial charge in [0.25, 0.3) is 5.91 Å². The molecule has 0 aromatic heterocycles. The van der Waals surface area contributed by atoms with E-state index in [1.165, 1.54) is 0 Å². The van der Waals surface area contributed by atoms with Crippen molar-refractivity contribution < 1.29 is 9.90 Å². The van der Waals surface area contributed by atoms with Crippen LogP contribution in [0.3, 0.4) is 0 Å². The minimum absolute atomic E-state index is 0.149. The first-order valence-electron chi connectivity index (χ1n) is 6.01. The number of halogens is 2. The second-order valence-electron chi connectivity index (χ2n) is 4.59. The first-order chi connectivity index (χ1) is 8.56. The van der Waals surface area contributed by atoms with E-state index in [9.17, 15) is 9.90 Å². The van der Waals surface area contributed by atoms with Gasteiger partial charge < -0.3 is 10.4 Å². The number of rotatable bonds is 2. The predicted octanol–water partition coefficient (Wildman–Crippen LogP) is 3.14. The first kappa shape index (κ1) is 13.8. The van der Waals surface area contributed by atoms with Gasteiger partial charge in [-0.05, 0) is 31.0 Å². The lowest BCUT2D eigenvalue weighted by atomic mass is 9.92. The van der Waals surface area contributed by atoms with Crippen LogP contribution in [0, 0.1) is 0 Å². The molecular formula is C13H15BrClNO2. The molecule has 1 aliphatic rings. The summed E-state index contributed by atoms with van der Waals surface area (Å²) in [7, 11) is 0. The summed E-state index contributed by atoms with van der Waals surface area (Å²) in [6, 6.07) is 4.92. The third kappa shape index (κ3) is 3.46. The average molecular weight is 333 g/mol. The molecule has 2 atom stereocenters. The molecule has 1 aromatic rings. The number of aliphatic hydroxyl groups is 1. The Hall–Kier alpha value is -0.580. The lowest BCUT2D eigenvalue weighted by molar-refractivity contribution is 0.0717. The van der Waals surface area contributed by atoms with E-state index in [0.29, 0.717) is 10.6 Å². The van der Waals surface area contributed by atoms with Crippen molar-refractivity contribution in [2.45, 2.75) is 37.8 Å². The minimum atomic E-state index is -0.440. The van der Waals surface area contributed by atoms with Crippen molar-refractivity contribution in [2.75, 3.05) is 0 Å². The zero-order valence-corrected chi connectivity index (χ0v) is 12.2. The summed E-state index contributed by atoms with van der Waals surface area (Å²) in [5.74, 6) is -0.191. The lowest BCUT2D eigenvalue weighted by Crippen LogP contribution is -2.45. The molecule has 0 unspecified atom stereocenters. The SMILES string of the molecule is O=C(N[C@H]1CCCC[C@@H]1O)c1cc(Cl)cc(Br)c1. The summed E-state index contributed by atoms with van der Waals surface area (Å²) >= 11 is 9.21. The third-order valence-corrected chi connectivity index (χ3v) is 3.85. The lowest BCUT2D eigenvalue weighted by Gasteiger charge is -2.28. The molecule has 3 nitrogen and oxygen atoms in total. The van der Waals surface area contributed by atoms with Gasteiger partial charge in [-0.15, -0.1) is 0 Å². The van der Waals surface area contributed by atoms with Crippen molar-refractivity contribution in [1.82, 2.24) is 5.32 Å². The van der Waals surface area contributed by atoms with Crippen LogP contribution in [0.25, 0.3) is 0 Å². The highest BCUT2D eigenvalue weighted by Gasteiger charge is 2.24. The number of hydrogen-bond acceptors (Lipinski definition) is 2. The molecule has 0 aliphatic heterocycles. The fraction of sp³-hybridized carbons (Fsp3) is 0.462. The van der Waals surface area contributed by atoms with Crippen LogP contribution in [0.5, 0.6) is 0 Å². The third-order valence-electron chi connectivity index (χ3n) is 3.17. The highest BCUT2D eigenvalue weighted by atomic mass is 79.9. The Kier molecular flexibility index (Phi) is 4.65. The maximum Gasteiger partial charge on any atom is 0.251 e. The molecule has 0 radical (unpaired) electrons. The zero-order chi connectivity index (χ0) is 13.1. The van der Waals surface area contributed by atoms with E-state index in [-0.39, 0.29) is 11.9 Å². The van der Waals surface area contributed by atoms with E-state index in [1.54, 1.807) is 18.2 Å². The van der Waals surface area contributed by atoms with Crippen LogP contribution in [0.2, 0.25) is 5.02 Å². The smallest absolute Gasteiger partial charge is 0.251 e. The summed E-state index contributed by atoms with van der Waals surface area (Å²) in [5.41, 5.74) is 0.507. The Morgan fingerprint density at radius 1 is 1.33 bits per heavy atom. The van der Waals surface area contributed by atoms with Crippen molar-refractivity contribution in [3.8, 4) is 0 Å². The van der Waals surface area contributed by atoms with Crippen molar-refractivity contribution >= 4 is 33.4 Å². The van der Waals surface area contributed by atoms with Gasteiger partial charge in [0, 0.05) is 15.1 Å². The maximum absolute atomic E-state index is 12.1. The second-order valence-corrected chi connectivity index (χ2v) is 5.94. The fourth-order valence-electron chi connectivity index (χ4n) is 2.22. The standard InChI is InChI=1S/C13H15BrClNO2/c14-9-5-8(6-10(15)7-9)13(18)16-11-3-1-2-4-12(11)17/h5-7,11-12,17H,1-4H2,(H,16,18)/t11-,12-/m0/s1. The Bertz CT molecular complexity index is 432. The van der Waals surface area contributed by atoms with Gasteiger partial charge in [0.1, 0.15) is 0 Å². The molecule has 5 heteroatoms. The van der Waals surface area contributed by atoms with Gasteiger partial charge in [-0.3, -0.25) is 4.79 Å². The van der Waals surface area contributed by atoms with Crippen LogP contribution < -0.4 is 5.32 Å². The van der Waals surface area contributed by atoms with Crippen molar-refractivity contribution in [3.05, 3.63) is 33.3 Å². The maximum atomic E-state index is 12.1. The molecule has 0 heterocycles. The van der Waals surface area contributed by atoms with E-state index in [4.69, 9.17) is 11.6 Å². The normalized spacial score (nSPS) is 23.7. The highest BCUT2D eigenvalue weighted by molar-refractivity contribution is 9.10. The van der Waals surface area contributed by atoms with Crippen LogP contribution in [0.1, 0.15) is 36.0 Å². The van der Waals surface area contributed by atoms with E-state index in [1.807, 2.05) is 0 Å². The summed E-state index contributed by atoms with van der Waals surface area (Å²) < 4.78 is 0.768. The second kappa shape index (κ2) is 6.04. The Labute approximate surface area is 120 Å². The molecule has 2 N–H and O–H groups in total. The number of carbonyl (C=O) groups is 1. The molecule has 1 aliphatic carbocycles. The van der Waals surface area contributed by atoms with Gasteiger partial charge in [0.15, 0.2) is 0 Å². The van der Waals surface area contributed by atoms with E-state index >= 15 is 0 Å². The topological polar surface area (TPSA) is 49.3 Å². The first-order valence-corrected chi connectivity index (χ1v) is 7.18. The molecule has 1 saturated carbocycles. The van der Waals surface area contributed by atoms with Crippen LogP contribution in [-0.4, -0.2) is 23.2 Å². The van der Waals surface area contributed by atoms with Gasteiger partial charge in [-0.2, -0.15) is 0 Å². The van der Waals surface area contributed by atoms with Crippen molar-refractivity contribution in [1.29, 1.82) is 0 Å². The number of aliphatic hydroxyl groups excluding tert-OH is 1. The van der Waals surface area contributed by atoms with E-state index in [2.05, 4.69) is 21.2 Å². The molecule has 1 amide bonds. The van der Waals surface area contributed by atoms with E-state index < -0.39 is 6.10 Å². The van der Waals surface area contributed by atoms with Gasteiger partial charge in [0.05, 0.1) is 12.1 Å². The highest BCUT2D eigenvalue weighted by Crippen LogP contribution is 2.21. The Balaban J connectivity index is 2.06. The van der Waals surface area contributed by atoms with E-state index in [0.717, 1.165) is 30.2 Å². The Morgan fingerprint density at radius 2 is 2.06 bits per heavy atom. The Morgan fingerprint density at radius 3 is 2.72 bits per heavy atom. The number of carbonyl (C=O) groups excluding carboxylic acids is 1. The summed E-state index contributed by atoms with van der Waals surface area (Å²) in [6.07, 6.45) is 3.21. The zero-order valence-electron chi connectivity index (χ0n) is 9.83. The molecule has 18 heavy (non-hydrogen) atoms. The largest absolute Gasteiger partial charge is 0.391 e. The molecule has 0 saturated heterocycles. The number of amides is 1. The fourth-order valence-corrected chi connectivity index (χ4v) is 3.08. The summed E-state index contributed by atoms with van der Waals surface area (Å²) in [6.45, 7) is 0. The number of hydrogen-bond donors (Lipinski definition) is 2. The number of benzene rings is 1. The minimum Gasteiger partial charge on any atom is -0.391 e. The molecule has 1 fully saturated rings.